The third kappa shape index (κ3) is 13.2. The fraction of sp³-hybridized carbons (Fsp3) is 0.850. The van der Waals surface area contributed by atoms with Crippen molar-refractivity contribution in [2.45, 2.75) is 110 Å². The van der Waals surface area contributed by atoms with Gasteiger partial charge in [0.15, 0.2) is 0 Å². The van der Waals surface area contributed by atoms with Crippen molar-refractivity contribution in [2.24, 2.45) is 5.73 Å². The molecule has 0 bridgehead atoms. The van der Waals surface area contributed by atoms with Gasteiger partial charge in [-0.1, -0.05) is 58.8 Å². The predicted molar refractivity (Wildman–Crippen MR) is 107 cm³/mol. The number of amides is 2. The number of rotatable bonds is 16. The number of unbranched alkanes of at least 4 members (excludes halogenated alkanes) is 5. The average Bonchev–Trinajstić information content (AvgIpc) is 2.62. The highest BCUT2D eigenvalue weighted by Gasteiger charge is 2.22. The van der Waals surface area contributed by atoms with E-state index < -0.39 is 18.1 Å². The third-order valence-corrected chi connectivity index (χ3v) is 4.63. The molecule has 2 amide bonds. The number of hydrogen-bond acceptors (Lipinski definition) is 4. The highest BCUT2D eigenvalue weighted by Crippen LogP contribution is 2.08. The molecule has 0 radical (unpaired) electrons. The molecule has 3 atom stereocenters. The van der Waals surface area contributed by atoms with Gasteiger partial charge in [-0.15, -0.1) is 0 Å². The summed E-state index contributed by atoms with van der Waals surface area (Å²) in [4.78, 5) is 35.5. The number of aliphatic carboxylic acids is 1. The molecule has 0 aliphatic heterocycles. The molecule has 0 aliphatic carbocycles. The summed E-state index contributed by atoms with van der Waals surface area (Å²) in [5, 5.41) is 14.6. The van der Waals surface area contributed by atoms with E-state index in [0.29, 0.717) is 6.42 Å². The van der Waals surface area contributed by atoms with Gasteiger partial charge in [0.05, 0.1) is 0 Å². The van der Waals surface area contributed by atoms with E-state index in [1.165, 1.54) is 0 Å². The van der Waals surface area contributed by atoms with Gasteiger partial charge in [0.2, 0.25) is 11.8 Å². The smallest absolute Gasteiger partial charge is 0.320 e. The molecule has 0 rings (SSSR count). The number of nitrogens with two attached hydrogens (primary N) is 1. The molecule has 0 saturated heterocycles. The van der Waals surface area contributed by atoms with Crippen molar-refractivity contribution < 1.29 is 19.5 Å². The zero-order valence-corrected chi connectivity index (χ0v) is 17.3. The van der Waals surface area contributed by atoms with E-state index in [0.717, 1.165) is 51.4 Å². The van der Waals surface area contributed by atoms with Crippen LogP contribution in [0.25, 0.3) is 0 Å². The Morgan fingerprint density at radius 3 is 2.07 bits per heavy atom. The summed E-state index contributed by atoms with van der Waals surface area (Å²) >= 11 is 0. The lowest BCUT2D eigenvalue weighted by Crippen LogP contribution is -2.49. The predicted octanol–water partition coefficient (Wildman–Crippen LogP) is 2.72. The highest BCUT2D eigenvalue weighted by atomic mass is 16.4. The number of nitrogens with one attached hydrogen (secondary N) is 2. The van der Waals surface area contributed by atoms with Crippen LogP contribution in [-0.2, 0) is 14.4 Å². The van der Waals surface area contributed by atoms with Gasteiger partial charge in [-0.3, -0.25) is 14.4 Å². The second-order valence-electron chi connectivity index (χ2n) is 7.36. The maximum Gasteiger partial charge on any atom is 0.320 e. The Bertz CT molecular complexity index is 443. The maximum atomic E-state index is 12.6. The molecule has 0 saturated carbocycles. The van der Waals surface area contributed by atoms with E-state index in [-0.39, 0.29) is 30.7 Å². The van der Waals surface area contributed by atoms with E-state index in [1.54, 1.807) is 0 Å². The van der Waals surface area contributed by atoms with Crippen molar-refractivity contribution >= 4 is 17.8 Å². The van der Waals surface area contributed by atoms with Crippen LogP contribution in [0.4, 0.5) is 0 Å². The first kappa shape index (κ1) is 25.4. The fourth-order valence-corrected chi connectivity index (χ4v) is 2.84. The minimum atomic E-state index is -1.13. The summed E-state index contributed by atoms with van der Waals surface area (Å²) in [6.07, 6.45) is 8.99. The Hall–Kier alpha value is -1.63. The molecule has 0 spiro atoms. The molecule has 0 aliphatic rings. The first-order valence-corrected chi connectivity index (χ1v) is 10.4. The SMILES string of the molecule is CCCCCCC(NC(=O)CC[C@H](N)C(=O)O)C(=O)NC(C)CCCCC. The summed E-state index contributed by atoms with van der Waals surface area (Å²) in [6, 6.07) is -1.57. The zero-order valence-electron chi connectivity index (χ0n) is 17.3. The molecule has 27 heavy (non-hydrogen) atoms. The van der Waals surface area contributed by atoms with Gasteiger partial charge in [-0.2, -0.15) is 0 Å². The average molecular weight is 386 g/mol. The first-order valence-electron chi connectivity index (χ1n) is 10.4. The van der Waals surface area contributed by atoms with Gasteiger partial charge < -0.3 is 21.5 Å². The normalized spacial score (nSPS) is 14.2. The number of carboxylic acid groups (broad SMARTS) is 1. The van der Waals surface area contributed by atoms with Crippen molar-refractivity contribution in [3.8, 4) is 0 Å². The monoisotopic (exact) mass is 385 g/mol. The van der Waals surface area contributed by atoms with Gasteiger partial charge in [0, 0.05) is 12.5 Å². The maximum absolute atomic E-state index is 12.6. The van der Waals surface area contributed by atoms with Crippen LogP contribution in [0, 0.1) is 0 Å². The van der Waals surface area contributed by atoms with Crippen molar-refractivity contribution in [3.05, 3.63) is 0 Å². The van der Waals surface area contributed by atoms with Gasteiger partial charge in [0.25, 0.3) is 0 Å². The van der Waals surface area contributed by atoms with Crippen LogP contribution in [0.1, 0.15) is 91.4 Å². The largest absolute Gasteiger partial charge is 0.480 e. The summed E-state index contributed by atoms with van der Waals surface area (Å²) in [5.41, 5.74) is 5.43. The van der Waals surface area contributed by atoms with Crippen molar-refractivity contribution in [3.63, 3.8) is 0 Å². The van der Waals surface area contributed by atoms with Crippen LogP contribution in [-0.4, -0.2) is 41.0 Å². The van der Waals surface area contributed by atoms with Gasteiger partial charge in [-0.25, -0.2) is 0 Å². The molecule has 0 aromatic rings. The molecule has 0 fully saturated rings. The molecule has 158 valence electrons. The summed E-state index contributed by atoms with van der Waals surface area (Å²) < 4.78 is 0. The lowest BCUT2D eigenvalue weighted by Gasteiger charge is -2.22. The van der Waals surface area contributed by atoms with Gasteiger partial charge >= 0.3 is 5.97 Å². The van der Waals surface area contributed by atoms with Crippen molar-refractivity contribution in [2.75, 3.05) is 0 Å². The topological polar surface area (TPSA) is 122 Å². The number of hydrogen-bond donors (Lipinski definition) is 4. The summed E-state index contributed by atoms with van der Waals surface area (Å²) in [5.74, 6) is -1.62. The Kier molecular flexibility index (Phi) is 14.5. The quantitative estimate of drug-likeness (QED) is 0.304. The van der Waals surface area contributed by atoms with E-state index in [4.69, 9.17) is 10.8 Å². The van der Waals surface area contributed by atoms with E-state index >= 15 is 0 Å². The molecular weight excluding hydrogens is 346 g/mol. The molecular formula is C20H39N3O4. The standard InChI is InChI=1S/C20H39N3O4/c1-4-6-8-10-12-17(19(25)22-15(3)11-9-7-5-2)23-18(24)14-13-16(21)20(26)27/h15-17H,4-14,21H2,1-3H3,(H,22,25)(H,23,24)(H,26,27)/t15?,16-,17?/m0/s1. The Morgan fingerprint density at radius 2 is 1.48 bits per heavy atom. The van der Waals surface area contributed by atoms with Crippen LogP contribution < -0.4 is 16.4 Å². The Labute approximate surface area is 163 Å². The van der Waals surface area contributed by atoms with Crippen molar-refractivity contribution in [1.82, 2.24) is 10.6 Å². The summed E-state index contributed by atoms with van der Waals surface area (Å²) in [7, 11) is 0. The van der Waals surface area contributed by atoms with E-state index in [9.17, 15) is 14.4 Å². The fourth-order valence-electron chi connectivity index (χ4n) is 2.84. The Balaban J connectivity index is 4.58. The van der Waals surface area contributed by atoms with Crippen LogP contribution in [0.3, 0.4) is 0 Å². The van der Waals surface area contributed by atoms with Crippen LogP contribution in [0.2, 0.25) is 0 Å². The number of carbonyl (C=O) groups is 3. The van der Waals surface area contributed by atoms with E-state index in [1.807, 2.05) is 6.92 Å². The van der Waals surface area contributed by atoms with Crippen LogP contribution >= 0.6 is 0 Å². The molecule has 5 N–H and O–H groups in total. The Morgan fingerprint density at radius 1 is 0.889 bits per heavy atom. The summed E-state index contributed by atoms with van der Waals surface area (Å²) in [6.45, 7) is 6.24. The molecule has 0 aromatic carbocycles. The first-order chi connectivity index (χ1) is 12.8. The third-order valence-electron chi connectivity index (χ3n) is 4.63. The van der Waals surface area contributed by atoms with E-state index in [2.05, 4.69) is 24.5 Å². The highest BCUT2D eigenvalue weighted by molar-refractivity contribution is 5.88. The van der Waals surface area contributed by atoms with Crippen LogP contribution in [0.5, 0.6) is 0 Å². The minimum Gasteiger partial charge on any atom is -0.480 e. The second kappa shape index (κ2) is 15.4. The second-order valence-corrected chi connectivity index (χ2v) is 7.36. The molecule has 2 unspecified atom stereocenters. The molecule has 0 heterocycles. The lowest BCUT2D eigenvalue weighted by atomic mass is 10.0. The van der Waals surface area contributed by atoms with Crippen molar-refractivity contribution in [1.29, 1.82) is 0 Å². The van der Waals surface area contributed by atoms with Crippen LogP contribution in [0.15, 0.2) is 0 Å². The molecule has 7 nitrogen and oxygen atoms in total. The molecule has 0 aromatic heterocycles. The van der Waals surface area contributed by atoms with Gasteiger partial charge in [-0.05, 0) is 26.2 Å². The van der Waals surface area contributed by atoms with Gasteiger partial charge in [0.1, 0.15) is 12.1 Å². The minimum absolute atomic E-state index is 0.00173. The zero-order chi connectivity index (χ0) is 20.7. The lowest BCUT2D eigenvalue weighted by molar-refractivity contribution is -0.139. The number of carbonyl (C=O) groups excluding carboxylic acids is 2. The molecule has 7 heteroatoms. The number of carboxylic acids is 1.